The van der Waals surface area contributed by atoms with E-state index in [0.717, 1.165) is 34.5 Å². The van der Waals surface area contributed by atoms with Crippen LogP contribution in [0, 0.1) is 10.7 Å². The Labute approximate surface area is 113 Å². The molecule has 1 aromatic carbocycles. The first kappa shape index (κ1) is 13.1. The molecule has 0 unspecified atom stereocenters. The van der Waals surface area contributed by atoms with Gasteiger partial charge in [0.25, 0.3) is 0 Å². The number of hydrogen-bond acceptors (Lipinski definition) is 2. The highest BCUT2D eigenvalue weighted by Crippen LogP contribution is 2.25. The SMILES string of the molecule is CCOc1cccc2c1[nH]c(=S)n2CCC(C)C. The first-order valence-electron chi connectivity index (χ1n) is 6.47. The monoisotopic (exact) mass is 264 g/mol. The van der Waals surface area contributed by atoms with Gasteiger partial charge in [0, 0.05) is 6.54 Å². The Morgan fingerprint density at radius 1 is 1.39 bits per heavy atom. The molecule has 3 nitrogen and oxygen atoms in total. The number of nitrogens with one attached hydrogen (secondary N) is 1. The third-order valence-electron chi connectivity index (χ3n) is 3.00. The van der Waals surface area contributed by atoms with E-state index >= 15 is 0 Å². The summed E-state index contributed by atoms with van der Waals surface area (Å²) in [5, 5.41) is 0. The molecule has 0 aliphatic rings. The number of ether oxygens (including phenoxy) is 1. The summed E-state index contributed by atoms with van der Waals surface area (Å²) in [4.78, 5) is 3.26. The topological polar surface area (TPSA) is 29.9 Å². The maximum Gasteiger partial charge on any atom is 0.178 e. The lowest BCUT2D eigenvalue weighted by Gasteiger charge is -2.08. The number of H-pyrrole nitrogens is 1. The number of benzene rings is 1. The smallest absolute Gasteiger partial charge is 0.178 e. The van der Waals surface area contributed by atoms with Gasteiger partial charge in [-0.25, -0.2) is 0 Å². The Bertz CT molecular complexity index is 583. The molecule has 1 heterocycles. The summed E-state index contributed by atoms with van der Waals surface area (Å²) in [5.74, 6) is 1.55. The fraction of sp³-hybridized carbons (Fsp3) is 0.500. The van der Waals surface area contributed by atoms with Crippen molar-refractivity contribution in [3.05, 3.63) is 23.0 Å². The van der Waals surface area contributed by atoms with Crippen LogP contribution >= 0.6 is 12.2 Å². The average Bonchev–Trinajstić information content (AvgIpc) is 2.64. The summed E-state index contributed by atoms with van der Waals surface area (Å²) >= 11 is 5.40. The molecule has 98 valence electrons. The van der Waals surface area contributed by atoms with Gasteiger partial charge in [0.1, 0.15) is 11.3 Å². The molecular weight excluding hydrogens is 244 g/mol. The van der Waals surface area contributed by atoms with Crippen molar-refractivity contribution in [3.8, 4) is 5.75 Å². The molecule has 0 aliphatic carbocycles. The van der Waals surface area contributed by atoms with E-state index in [-0.39, 0.29) is 0 Å². The largest absolute Gasteiger partial charge is 0.492 e. The molecular formula is C14H20N2OS. The second kappa shape index (κ2) is 5.57. The minimum atomic E-state index is 0.664. The van der Waals surface area contributed by atoms with Gasteiger partial charge in [-0.05, 0) is 43.6 Å². The molecule has 0 atom stereocenters. The Hall–Kier alpha value is -1.29. The summed E-state index contributed by atoms with van der Waals surface area (Å²) in [6, 6.07) is 6.08. The van der Waals surface area contributed by atoms with Gasteiger partial charge in [-0.1, -0.05) is 19.9 Å². The summed E-state index contributed by atoms with van der Waals surface area (Å²) in [6.45, 7) is 8.06. The average molecular weight is 264 g/mol. The third-order valence-corrected chi connectivity index (χ3v) is 3.32. The van der Waals surface area contributed by atoms with Crippen LogP contribution in [0.4, 0.5) is 0 Å². The fourth-order valence-electron chi connectivity index (χ4n) is 2.04. The Balaban J connectivity index is 2.45. The molecule has 18 heavy (non-hydrogen) atoms. The normalized spacial score (nSPS) is 11.3. The van der Waals surface area contributed by atoms with Crippen LogP contribution in [0.25, 0.3) is 11.0 Å². The lowest BCUT2D eigenvalue weighted by Crippen LogP contribution is -2.01. The zero-order valence-electron chi connectivity index (χ0n) is 11.2. The Morgan fingerprint density at radius 3 is 2.83 bits per heavy atom. The van der Waals surface area contributed by atoms with Crippen molar-refractivity contribution in [1.82, 2.24) is 9.55 Å². The molecule has 0 amide bonds. The molecule has 0 bridgehead atoms. The highest BCUT2D eigenvalue weighted by Gasteiger charge is 2.09. The van der Waals surface area contributed by atoms with Crippen molar-refractivity contribution in [2.24, 2.45) is 5.92 Å². The first-order valence-corrected chi connectivity index (χ1v) is 6.88. The highest BCUT2D eigenvalue weighted by molar-refractivity contribution is 7.71. The van der Waals surface area contributed by atoms with Crippen LogP contribution in [0.2, 0.25) is 0 Å². The van der Waals surface area contributed by atoms with Crippen LogP contribution in [0.3, 0.4) is 0 Å². The second-order valence-electron chi connectivity index (χ2n) is 4.85. The molecule has 2 aromatic rings. The van der Waals surface area contributed by atoms with Crippen molar-refractivity contribution in [3.63, 3.8) is 0 Å². The zero-order chi connectivity index (χ0) is 13.1. The highest BCUT2D eigenvalue weighted by atomic mass is 32.1. The summed E-state index contributed by atoms with van der Waals surface area (Å²) in [5.41, 5.74) is 2.14. The number of rotatable bonds is 5. The second-order valence-corrected chi connectivity index (χ2v) is 5.23. The number of para-hydroxylation sites is 1. The van der Waals surface area contributed by atoms with Gasteiger partial charge in [0.15, 0.2) is 4.77 Å². The minimum Gasteiger partial charge on any atom is -0.492 e. The van der Waals surface area contributed by atoms with Crippen molar-refractivity contribution < 1.29 is 4.74 Å². The number of aromatic nitrogens is 2. The molecule has 0 radical (unpaired) electrons. The number of fused-ring (bicyclic) bond motifs is 1. The molecule has 0 saturated carbocycles. The number of imidazole rings is 1. The molecule has 0 fully saturated rings. The Morgan fingerprint density at radius 2 is 2.17 bits per heavy atom. The standard InChI is InChI=1S/C14H20N2OS/c1-4-17-12-7-5-6-11-13(12)15-14(18)16(11)9-8-10(2)3/h5-7,10H,4,8-9H2,1-3H3,(H,15,18). The lowest BCUT2D eigenvalue weighted by molar-refractivity contribution is 0.343. The van der Waals surface area contributed by atoms with Crippen LogP contribution in [0.15, 0.2) is 18.2 Å². The molecule has 1 N–H and O–H groups in total. The van der Waals surface area contributed by atoms with E-state index in [9.17, 15) is 0 Å². The van der Waals surface area contributed by atoms with E-state index in [4.69, 9.17) is 17.0 Å². The van der Waals surface area contributed by atoms with Crippen LogP contribution in [-0.4, -0.2) is 16.2 Å². The van der Waals surface area contributed by atoms with Gasteiger partial charge < -0.3 is 14.3 Å². The molecule has 0 spiro atoms. The number of aromatic amines is 1. The van der Waals surface area contributed by atoms with Crippen molar-refractivity contribution in [2.75, 3.05) is 6.61 Å². The maximum atomic E-state index is 5.62. The molecule has 4 heteroatoms. The van der Waals surface area contributed by atoms with E-state index in [1.54, 1.807) is 0 Å². The van der Waals surface area contributed by atoms with Gasteiger partial charge in [0.2, 0.25) is 0 Å². The van der Waals surface area contributed by atoms with Gasteiger partial charge >= 0.3 is 0 Å². The lowest BCUT2D eigenvalue weighted by atomic mass is 10.1. The van der Waals surface area contributed by atoms with E-state index in [1.165, 1.54) is 0 Å². The number of hydrogen-bond donors (Lipinski definition) is 1. The minimum absolute atomic E-state index is 0.664. The van der Waals surface area contributed by atoms with E-state index in [2.05, 4.69) is 29.5 Å². The van der Waals surface area contributed by atoms with Crippen molar-refractivity contribution in [2.45, 2.75) is 33.7 Å². The van der Waals surface area contributed by atoms with Crippen molar-refractivity contribution in [1.29, 1.82) is 0 Å². The number of aryl methyl sites for hydroxylation is 1. The van der Waals surface area contributed by atoms with E-state index in [0.29, 0.717) is 12.5 Å². The number of nitrogens with zero attached hydrogens (tertiary/aromatic N) is 1. The quantitative estimate of drug-likeness (QED) is 0.822. The van der Waals surface area contributed by atoms with Crippen LogP contribution < -0.4 is 4.74 Å². The summed E-state index contributed by atoms with van der Waals surface area (Å²) in [6.07, 6.45) is 1.13. The predicted octanol–water partition coefficient (Wildman–Crippen LogP) is 4.14. The van der Waals surface area contributed by atoms with E-state index < -0.39 is 0 Å². The van der Waals surface area contributed by atoms with Crippen LogP contribution in [0.5, 0.6) is 5.75 Å². The maximum absolute atomic E-state index is 5.62. The first-order chi connectivity index (χ1) is 8.63. The Kier molecular flexibility index (Phi) is 4.07. The van der Waals surface area contributed by atoms with Crippen molar-refractivity contribution >= 4 is 23.3 Å². The van der Waals surface area contributed by atoms with Gasteiger partial charge in [-0.2, -0.15) is 0 Å². The summed E-state index contributed by atoms with van der Waals surface area (Å²) in [7, 11) is 0. The predicted molar refractivity (Wildman–Crippen MR) is 77.7 cm³/mol. The fourth-order valence-corrected chi connectivity index (χ4v) is 2.33. The third kappa shape index (κ3) is 2.58. The molecule has 0 saturated heterocycles. The molecule has 2 rings (SSSR count). The van der Waals surface area contributed by atoms with Gasteiger partial charge in [-0.3, -0.25) is 0 Å². The van der Waals surface area contributed by atoms with Gasteiger partial charge in [-0.15, -0.1) is 0 Å². The van der Waals surface area contributed by atoms with Gasteiger partial charge in [0.05, 0.1) is 12.1 Å². The van der Waals surface area contributed by atoms with E-state index in [1.807, 2.05) is 19.1 Å². The zero-order valence-corrected chi connectivity index (χ0v) is 12.0. The molecule has 1 aromatic heterocycles. The van der Waals surface area contributed by atoms with Crippen LogP contribution in [0.1, 0.15) is 27.2 Å². The summed E-state index contributed by atoms with van der Waals surface area (Å²) < 4.78 is 8.56. The molecule has 0 aliphatic heterocycles. The van der Waals surface area contributed by atoms with Crippen LogP contribution in [-0.2, 0) is 6.54 Å².